The van der Waals surface area contributed by atoms with Crippen molar-refractivity contribution in [3.63, 3.8) is 0 Å². The fourth-order valence-corrected chi connectivity index (χ4v) is 2.76. The van der Waals surface area contributed by atoms with E-state index in [1.165, 1.54) is 37.0 Å². The summed E-state index contributed by atoms with van der Waals surface area (Å²) in [6, 6.07) is -0.455. The van der Waals surface area contributed by atoms with Gasteiger partial charge in [0.1, 0.15) is 6.04 Å². The smallest absolute Gasteiger partial charge is 0.410 e. The Hall–Kier alpha value is -1.26. The molecular weight excluding hydrogens is 282 g/mol. The van der Waals surface area contributed by atoms with Gasteiger partial charge in [-0.05, 0) is 26.2 Å². The van der Waals surface area contributed by atoms with Crippen molar-refractivity contribution in [1.82, 2.24) is 4.90 Å². The van der Waals surface area contributed by atoms with E-state index in [0.29, 0.717) is 26.2 Å². The summed E-state index contributed by atoms with van der Waals surface area (Å²) < 4.78 is 10.3. The third kappa shape index (κ3) is 6.67. The van der Waals surface area contributed by atoms with Gasteiger partial charge in [0.25, 0.3) is 0 Å². The number of amides is 1. The molecule has 1 heterocycles. The van der Waals surface area contributed by atoms with E-state index in [9.17, 15) is 9.59 Å². The first kappa shape index (κ1) is 18.8. The molecule has 0 aromatic heterocycles. The summed E-state index contributed by atoms with van der Waals surface area (Å²) in [5.74, 6) is -0.281. The lowest BCUT2D eigenvalue weighted by atomic mass is 10.1. The minimum Gasteiger partial charge on any atom is -0.464 e. The molecule has 5 nitrogen and oxygen atoms in total. The molecule has 0 spiro atoms. The second-order valence-electron chi connectivity index (χ2n) is 5.84. The number of hydrogen-bond donors (Lipinski definition) is 0. The zero-order valence-corrected chi connectivity index (χ0v) is 14.1. The average molecular weight is 313 g/mol. The first-order valence-corrected chi connectivity index (χ1v) is 8.80. The zero-order valence-electron chi connectivity index (χ0n) is 14.1. The maximum atomic E-state index is 12.1. The summed E-state index contributed by atoms with van der Waals surface area (Å²) in [6.45, 7) is 5.34. The number of hydrogen-bond acceptors (Lipinski definition) is 4. The van der Waals surface area contributed by atoms with E-state index in [1.807, 2.05) is 0 Å². The van der Waals surface area contributed by atoms with Crippen LogP contribution in [0.1, 0.15) is 71.6 Å². The van der Waals surface area contributed by atoms with Crippen LogP contribution in [0.2, 0.25) is 0 Å². The molecule has 1 aliphatic heterocycles. The van der Waals surface area contributed by atoms with Crippen molar-refractivity contribution in [2.75, 3.05) is 19.8 Å². The van der Waals surface area contributed by atoms with E-state index in [4.69, 9.17) is 9.47 Å². The largest absolute Gasteiger partial charge is 0.464 e. The molecule has 1 amide bonds. The molecule has 1 unspecified atom stereocenters. The predicted molar refractivity (Wildman–Crippen MR) is 85.7 cm³/mol. The minimum absolute atomic E-state index is 0.281. The number of carbonyl (C=O) groups is 2. The second kappa shape index (κ2) is 11.3. The molecule has 1 atom stereocenters. The van der Waals surface area contributed by atoms with Crippen LogP contribution in [0.3, 0.4) is 0 Å². The Balaban J connectivity index is 2.15. The normalized spacial score (nSPS) is 17.5. The lowest BCUT2D eigenvalue weighted by Gasteiger charge is -2.22. The fraction of sp³-hybridized carbons (Fsp3) is 0.882. The first-order valence-electron chi connectivity index (χ1n) is 8.80. The highest BCUT2D eigenvalue weighted by molar-refractivity contribution is 5.82. The van der Waals surface area contributed by atoms with Gasteiger partial charge in [-0.25, -0.2) is 9.59 Å². The Bertz CT molecular complexity index is 333. The molecule has 1 saturated heterocycles. The molecule has 0 radical (unpaired) electrons. The third-order valence-corrected chi connectivity index (χ3v) is 4.02. The van der Waals surface area contributed by atoms with Crippen LogP contribution in [-0.4, -0.2) is 42.8 Å². The van der Waals surface area contributed by atoms with Crippen LogP contribution >= 0.6 is 0 Å². The van der Waals surface area contributed by atoms with Crippen LogP contribution in [0.5, 0.6) is 0 Å². The highest BCUT2D eigenvalue weighted by Gasteiger charge is 2.35. The van der Waals surface area contributed by atoms with Gasteiger partial charge < -0.3 is 9.47 Å². The molecule has 5 heteroatoms. The van der Waals surface area contributed by atoms with Gasteiger partial charge in [-0.3, -0.25) is 4.90 Å². The van der Waals surface area contributed by atoms with Crippen LogP contribution < -0.4 is 0 Å². The molecule has 128 valence electrons. The Morgan fingerprint density at radius 3 is 2.36 bits per heavy atom. The van der Waals surface area contributed by atoms with Gasteiger partial charge in [-0.2, -0.15) is 0 Å². The van der Waals surface area contributed by atoms with Gasteiger partial charge in [0.05, 0.1) is 13.2 Å². The van der Waals surface area contributed by atoms with Crippen LogP contribution in [0.4, 0.5) is 4.79 Å². The van der Waals surface area contributed by atoms with Crippen molar-refractivity contribution < 1.29 is 19.1 Å². The van der Waals surface area contributed by atoms with Gasteiger partial charge in [-0.15, -0.1) is 0 Å². The maximum Gasteiger partial charge on any atom is 0.410 e. The van der Waals surface area contributed by atoms with Crippen molar-refractivity contribution in [2.24, 2.45) is 0 Å². The molecule has 1 fully saturated rings. The lowest BCUT2D eigenvalue weighted by molar-refractivity contribution is -0.148. The van der Waals surface area contributed by atoms with Crippen LogP contribution in [0.25, 0.3) is 0 Å². The number of likely N-dealkylation sites (tertiary alicyclic amines) is 1. The number of ether oxygens (including phenoxy) is 2. The Labute approximate surface area is 134 Å². The Kier molecular flexibility index (Phi) is 9.67. The van der Waals surface area contributed by atoms with Crippen molar-refractivity contribution in [3.05, 3.63) is 0 Å². The van der Waals surface area contributed by atoms with Gasteiger partial charge in [0.2, 0.25) is 0 Å². The Morgan fingerprint density at radius 1 is 1.00 bits per heavy atom. The molecular formula is C17H31NO4. The summed E-state index contributed by atoms with van der Waals surface area (Å²) in [5, 5.41) is 0. The topological polar surface area (TPSA) is 55.8 Å². The van der Waals surface area contributed by atoms with Crippen LogP contribution in [0, 0.1) is 0 Å². The Morgan fingerprint density at radius 2 is 1.68 bits per heavy atom. The summed E-state index contributed by atoms with van der Waals surface area (Å²) in [4.78, 5) is 25.3. The number of unbranched alkanes of at least 4 members (excludes halogenated alkanes) is 6. The van der Waals surface area contributed by atoms with E-state index in [2.05, 4.69) is 6.92 Å². The van der Waals surface area contributed by atoms with Gasteiger partial charge in [0, 0.05) is 6.54 Å². The van der Waals surface area contributed by atoms with Crippen LogP contribution in [-0.2, 0) is 14.3 Å². The fourth-order valence-electron chi connectivity index (χ4n) is 2.76. The molecule has 0 aliphatic carbocycles. The SMILES string of the molecule is CCCCCCCCCOC(=O)C1CCCN1C(=O)OCC. The minimum atomic E-state index is -0.455. The summed E-state index contributed by atoms with van der Waals surface area (Å²) in [7, 11) is 0. The molecule has 0 bridgehead atoms. The second-order valence-corrected chi connectivity index (χ2v) is 5.84. The van der Waals surface area contributed by atoms with Gasteiger partial charge >= 0.3 is 12.1 Å². The highest BCUT2D eigenvalue weighted by atomic mass is 16.6. The van der Waals surface area contributed by atoms with Crippen molar-refractivity contribution in [3.8, 4) is 0 Å². The van der Waals surface area contributed by atoms with Crippen LogP contribution in [0.15, 0.2) is 0 Å². The van der Waals surface area contributed by atoms with E-state index in [1.54, 1.807) is 6.92 Å². The monoisotopic (exact) mass is 313 g/mol. The lowest BCUT2D eigenvalue weighted by Crippen LogP contribution is -2.41. The van der Waals surface area contributed by atoms with Gasteiger partial charge in [-0.1, -0.05) is 45.4 Å². The number of nitrogens with zero attached hydrogens (tertiary/aromatic N) is 1. The standard InChI is InChI=1S/C17H31NO4/c1-3-5-6-7-8-9-10-14-22-16(19)15-12-11-13-18(15)17(20)21-4-2/h15H,3-14H2,1-2H3. The number of carbonyl (C=O) groups excluding carboxylic acids is 2. The molecule has 0 aromatic rings. The average Bonchev–Trinajstić information content (AvgIpc) is 2.99. The van der Waals surface area contributed by atoms with E-state index >= 15 is 0 Å². The molecule has 22 heavy (non-hydrogen) atoms. The summed E-state index contributed by atoms with van der Waals surface area (Å²) in [5.41, 5.74) is 0. The van der Waals surface area contributed by atoms with E-state index < -0.39 is 12.1 Å². The van der Waals surface area contributed by atoms with Gasteiger partial charge in [0.15, 0.2) is 0 Å². The maximum absolute atomic E-state index is 12.1. The number of esters is 1. The molecule has 1 aliphatic rings. The molecule has 0 saturated carbocycles. The first-order chi connectivity index (χ1) is 10.7. The predicted octanol–water partition coefficient (Wildman–Crippen LogP) is 3.90. The third-order valence-electron chi connectivity index (χ3n) is 4.02. The highest BCUT2D eigenvalue weighted by Crippen LogP contribution is 2.19. The van der Waals surface area contributed by atoms with Crippen molar-refractivity contribution >= 4 is 12.1 Å². The number of rotatable bonds is 10. The molecule has 1 rings (SSSR count). The molecule has 0 N–H and O–H groups in total. The van der Waals surface area contributed by atoms with Crippen molar-refractivity contribution in [2.45, 2.75) is 77.7 Å². The molecule has 0 aromatic carbocycles. The van der Waals surface area contributed by atoms with E-state index in [-0.39, 0.29) is 5.97 Å². The quantitative estimate of drug-likeness (QED) is 0.453. The van der Waals surface area contributed by atoms with Crippen molar-refractivity contribution in [1.29, 1.82) is 0 Å². The zero-order chi connectivity index (χ0) is 16.2. The summed E-state index contributed by atoms with van der Waals surface area (Å²) >= 11 is 0. The summed E-state index contributed by atoms with van der Waals surface area (Å²) in [6.07, 6.45) is 9.44. The van der Waals surface area contributed by atoms with E-state index in [0.717, 1.165) is 19.3 Å².